The lowest BCUT2D eigenvalue weighted by molar-refractivity contribution is -0.157. The van der Waals surface area contributed by atoms with Crippen LogP contribution >= 0.6 is 15.9 Å². The molecule has 0 radical (unpaired) electrons. The zero-order valence-electron chi connectivity index (χ0n) is 64.6. The van der Waals surface area contributed by atoms with E-state index < -0.39 is 22.4 Å². The van der Waals surface area contributed by atoms with Crippen LogP contribution in [0.1, 0.15) is 226 Å². The molecule has 8 atom stereocenters. The van der Waals surface area contributed by atoms with Crippen molar-refractivity contribution < 1.29 is 57.1 Å². The van der Waals surface area contributed by atoms with E-state index in [0.717, 1.165) is 19.6 Å². The summed E-state index contributed by atoms with van der Waals surface area (Å²) in [5.74, 6) is 0.762. The molecule has 0 spiro atoms. The predicted octanol–water partition coefficient (Wildman–Crippen LogP) is 16.8. The van der Waals surface area contributed by atoms with Crippen LogP contribution in [0.5, 0.6) is 0 Å². The van der Waals surface area contributed by atoms with E-state index in [1.807, 2.05) is 162 Å². The summed E-state index contributed by atoms with van der Waals surface area (Å²) in [4.78, 5) is 63.6. The first-order valence-corrected chi connectivity index (χ1v) is 35.3. The first-order valence-electron chi connectivity index (χ1n) is 33.7. The monoisotopic (exact) mass is 1420 g/mol. The molecule has 0 aliphatic rings. The van der Waals surface area contributed by atoms with Gasteiger partial charge in [-0.05, 0) is 194 Å². The number of halogens is 1. The largest absolute Gasteiger partial charge is 0.460 e. The highest BCUT2D eigenvalue weighted by Crippen LogP contribution is 2.27. The van der Waals surface area contributed by atoms with Crippen LogP contribution in [-0.4, -0.2) is 132 Å². The number of aliphatic imine (C=N–C) groups is 1. The van der Waals surface area contributed by atoms with Crippen molar-refractivity contribution in [3.63, 3.8) is 0 Å². The average Bonchev–Trinajstić information content (AvgIpc) is 0.889. The Morgan fingerprint density at radius 3 is 1.28 bits per heavy atom. The second-order valence-corrected chi connectivity index (χ2v) is 28.7. The molecular formula is C79H130BrN5O12. The van der Waals surface area contributed by atoms with Gasteiger partial charge in [-0.2, -0.15) is 0 Å². The number of nitrogens with one attached hydrogen (secondary N) is 2. The van der Waals surface area contributed by atoms with Gasteiger partial charge in [-0.3, -0.25) is 29.1 Å². The molecule has 0 amide bonds. The van der Waals surface area contributed by atoms with Crippen molar-refractivity contribution in [3.8, 4) is 0 Å². The number of nitrogens with two attached hydrogens (primary N) is 1. The molecular weight excluding hydrogens is 1290 g/mol. The Morgan fingerprint density at radius 2 is 0.887 bits per heavy atom. The summed E-state index contributed by atoms with van der Waals surface area (Å²) < 4.78 is 36.1. The second-order valence-electron chi connectivity index (χ2n) is 28.7. The third kappa shape index (κ3) is 58.6. The molecule has 97 heavy (non-hydrogen) atoms. The fourth-order valence-corrected chi connectivity index (χ4v) is 8.14. The van der Waals surface area contributed by atoms with Crippen molar-refractivity contribution in [1.29, 1.82) is 0 Å². The number of allylic oxidation sites excluding steroid dienone is 1. The van der Waals surface area contributed by atoms with E-state index in [4.69, 9.17) is 38.9 Å². The number of alkyl halides is 1. The van der Waals surface area contributed by atoms with E-state index in [1.54, 1.807) is 40.4 Å². The molecule has 0 saturated heterocycles. The molecule has 4 N–H and O–H groups in total. The fourth-order valence-electron chi connectivity index (χ4n) is 8.14. The molecule has 0 fully saturated rings. The number of nitrogens with zero attached hydrogens (tertiary/aromatic N) is 2. The van der Waals surface area contributed by atoms with Gasteiger partial charge in [-0.1, -0.05) is 143 Å². The Labute approximate surface area is 596 Å². The fraction of sp³-hybridized carbons (Fsp3) is 0.595. The summed E-state index contributed by atoms with van der Waals surface area (Å²) in [6, 6.07) is 42.4. The number of benzene rings is 4. The number of hydrogen-bond donors (Lipinski definition) is 3. The van der Waals surface area contributed by atoms with Gasteiger partial charge < -0.3 is 49.5 Å². The van der Waals surface area contributed by atoms with Gasteiger partial charge in [0.15, 0.2) is 0 Å². The first-order chi connectivity index (χ1) is 44.9. The highest BCUT2D eigenvalue weighted by Gasteiger charge is 2.27. The van der Waals surface area contributed by atoms with E-state index in [9.17, 15) is 24.0 Å². The molecule has 0 saturated carbocycles. The molecule has 0 heterocycles. The van der Waals surface area contributed by atoms with Gasteiger partial charge in [0, 0.05) is 76.4 Å². The summed E-state index contributed by atoms with van der Waals surface area (Å²) in [6.45, 7) is 48.1. The lowest BCUT2D eigenvalue weighted by Crippen LogP contribution is -2.38. The van der Waals surface area contributed by atoms with Gasteiger partial charge in [0.05, 0.1) is 43.9 Å². The minimum absolute atomic E-state index is 0.0268. The average molecular weight is 1420 g/mol. The summed E-state index contributed by atoms with van der Waals surface area (Å²) in [5, 5.41) is 6.74. The van der Waals surface area contributed by atoms with Gasteiger partial charge >= 0.3 is 29.8 Å². The zero-order chi connectivity index (χ0) is 75.2. The number of ether oxygens (including phenoxy) is 7. The number of methoxy groups -OCH3 is 2. The topological polar surface area (TPSA) is 216 Å². The maximum Gasteiger partial charge on any atom is 0.330 e. The van der Waals surface area contributed by atoms with Crippen LogP contribution in [0, 0.1) is 0 Å². The minimum Gasteiger partial charge on any atom is -0.460 e. The van der Waals surface area contributed by atoms with E-state index in [-0.39, 0.29) is 84.3 Å². The number of carbonyl (C=O) groups is 5. The zero-order valence-corrected chi connectivity index (χ0v) is 66.2. The number of carbonyl (C=O) groups excluding carboxylic acids is 5. The standard InChI is InChI=1S/C23H31NO2.C15H17N.C12H25NO3.C12H23NO3.C8H17NO2.C8H14O2.CH3Br/c1-18(16-22(25)26-23(3,4)5)24(17-20-12-8-6-9-13-20)19(2)21-14-10-7-11-15-21;1-13(15-10-6-3-7-11-15)16-12-14-8-4-2-5-9-14;2*1-9(13-8-10(2)15-6)7-11(14)16-12(3,4)5;1-6(9)5-7(10)11-8(2,3)4;1-5-6-7(9)10-8(2,3)4;1-2/h6-15,18-19H,16-17H2,1-5H3;2-11,13,16H,12H2,1H3;9-10,13H,7-8H2,1-6H3;8-10H,7H2,1-6H3;6H,5,9H2,1-4H3;5-6H,1-4H3;1H3/b;;;;;6-5+;/t18-,19-;13-;2*9-,10?;6-;;/m11111../s1. The van der Waals surface area contributed by atoms with Gasteiger partial charge in [0.2, 0.25) is 0 Å². The maximum atomic E-state index is 12.3. The minimum atomic E-state index is -0.452. The molecule has 0 bridgehead atoms. The SMILES string of the molecule is C/C=C/C(=O)OC(C)(C)C.CBr.COC(C)C=N[C@H](C)CC(=O)OC(C)(C)C.COC(C)CN[C@H](C)CC(=O)OC(C)(C)C.C[C@@H](N)CC(=O)OC(C)(C)C.C[C@@H](NCc1ccccc1)c1ccccc1.C[C@H](CC(=O)OC(C)(C)C)N(Cc1ccccc1)[C@H](C)c1ccccc1. The highest BCUT2D eigenvalue weighted by atomic mass is 79.9. The Balaban J connectivity index is -0.00000112. The van der Waals surface area contributed by atoms with Crippen molar-refractivity contribution in [2.24, 2.45) is 10.7 Å². The van der Waals surface area contributed by atoms with E-state index in [2.05, 4.69) is 154 Å². The molecule has 4 aromatic rings. The quantitative estimate of drug-likeness (QED) is 0.0185. The van der Waals surface area contributed by atoms with Crippen LogP contribution in [0.2, 0.25) is 0 Å². The second kappa shape index (κ2) is 51.1. The molecule has 4 aromatic carbocycles. The maximum absolute atomic E-state index is 12.3. The third-order valence-corrected chi connectivity index (χ3v) is 12.7. The van der Waals surface area contributed by atoms with Crippen molar-refractivity contribution in [2.45, 2.75) is 281 Å². The molecule has 18 heteroatoms. The van der Waals surface area contributed by atoms with Crippen LogP contribution in [0.4, 0.5) is 0 Å². The number of hydrogen-bond acceptors (Lipinski definition) is 17. The van der Waals surface area contributed by atoms with Crippen LogP contribution in [0.25, 0.3) is 0 Å². The van der Waals surface area contributed by atoms with Crippen LogP contribution in [0.3, 0.4) is 0 Å². The summed E-state index contributed by atoms with van der Waals surface area (Å²) in [7, 11) is 3.29. The van der Waals surface area contributed by atoms with Gasteiger partial charge in [0.25, 0.3) is 0 Å². The molecule has 2 unspecified atom stereocenters. The van der Waals surface area contributed by atoms with Crippen LogP contribution < -0.4 is 16.4 Å². The third-order valence-electron chi connectivity index (χ3n) is 12.7. The normalized spacial score (nSPS) is 14.0. The Bertz CT molecular complexity index is 2740. The summed E-state index contributed by atoms with van der Waals surface area (Å²) in [5.41, 5.74) is 8.50. The smallest absolute Gasteiger partial charge is 0.330 e. The lowest BCUT2D eigenvalue weighted by Gasteiger charge is -2.35. The van der Waals surface area contributed by atoms with Crippen molar-refractivity contribution in [2.75, 3.05) is 26.6 Å². The van der Waals surface area contributed by atoms with Gasteiger partial charge in [-0.25, -0.2) is 4.79 Å². The molecule has 17 nitrogen and oxygen atoms in total. The van der Waals surface area contributed by atoms with Crippen molar-refractivity contribution in [1.82, 2.24) is 15.5 Å². The number of rotatable bonds is 25. The highest BCUT2D eigenvalue weighted by molar-refractivity contribution is 9.08. The predicted molar refractivity (Wildman–Crippen MR) is 404 cm³/mol. The van der Waals surface area contributed by atoms with Crippen LogP contribution in [0.15, 0.2) is 138 Å². The van der Waals surface area contributed by atoms with Gasteiger partial charge in [0.1, 0.15) is 28.0 Å². The Hall–Kier alpha value is -6.12. The molecule has 0 aliphatic carbocycles. The summed E-state index contributed by atoms with van der Waals surface area (Å²) in [6.07, 6.45) is 6.24. The van der Waals surface area contributed by atoms with E-state index in [1.165, 1.54) is 28.3 Å². The Morgan fingerprint density at radius 1 is 0.505 bits per heavy atom. The first kappa shape index (κ1) is 95.1. The molecule has 4 rings (SSSR count). The van der Waals surface area contributed by atoms with Crippen molar-refractivity contribution in [3.05, 3.63) is 156 Å². The number of esters is 5. The van der Waals surface area contributed by atoms with E-state index >= 15 is 0 Å². The molecule has 0 aromatic heterocycles. The molecule has 550 valence electrons. The lowest BCUT2D eigenvalue weighted by atomic mass is 10.0. The Kier molecular flexibility index (Phi) is 50.1. The molecule has 0 aliphatic heterocycles. The van der Waals surface area contributed by atoms with Crippen molar-refractivity contribution >= 4 is 52.0 Å². The summed E-state index contributed by atoms with van der Waals surface area (Å²) >= 11 is 2.94. The van der Waals surface area contributed by atoms with Gasteiger partial charge in [-0.15, -0.1) is 0 Å². The van der Waals surface area contributed by atoms with Crippen LogP contribution in [-0.2, 0) is 70.2 Å². The van der Waals surface area contributed by atoms with E-state index in [0.29, 0.717) is 25.3 Å².